The summed E-state index contributed by atoms with van der Waals surface area (Å²) < 4.78 is 6.11. The van der Waals surface area contributed by atoms with E-state index >= 15 is 0 Å². The standard InChI is InChI=1S/C22H36N6O2.HI/c1-16-3-5-19(6-4-16)30-21-13-17(7-10-25-21)14-26-22(24-2)27-18-8-11-28(12-9-18)15-20(23)29;/h7,10,13,16,18-19H,3-6,8-9,11-12,14-15H2,1-2H3,(H2,23,29)(H2,24,26,27);1H. The fourth-order valence-corrected chi connectivity index (χ4v) is 4.17. The number of ether oxygens (including phenoxy) is 1. The second-order valence-corrected chi connectivity index (χ2v) is 8.59. The van der Waals surface area contributed by atoms with Gasteiger partial charge < -0.3 is 21.1 Å². The summed E-state index contributed by atoms with van der Waals surface area (Å²) in [4.78, 5) is 21.9. The van der Waals surface area contributed by atoms with Gasteiger partial charge in [0.1, 0.15) is 6.10 Å². The molecule has 9 heteroatoms. The van der Waals surface area contributed by atoms with Crippen LogP contribution in [0, 0.1) is 5.92 Å². The zero-order chi connectivity index (χ0) is 21.3. The highest BCUT2D eigenvalue weighted by Crippen LogP contribution is 2.26. The third kappa shape index (κ3) is 8.80. The summed E-state index contributed by atoms with van der Waals surface area (Å²) in [6, 6.07) is 4.35. The number of piperidine rings is 1. The Morgan fingerprint density at radius 1 is 1.26 bits per heavy atom. The van der Waals surface area contributed by atoms with Crippen molar-refractivity contribution >= 4 is 35.8 Å². The maximum atomic E-state index is 11.1. The van der Waals surface area contributed by atoms with Gasteiger partial charge in [-0.15, -0.1) is 24.0 Å². The highest BCUT2D eigenvalue weighted by Gasteiger charge is 2.21. The van der Waals surface area contributed by atoms with Gasteiger partial charge in [0.15, 0.2) is 5.96 Å². The number of amides is 1. The predicted molar refractivity (Wildman–Crippen MR) is 134 cm³/mol. The first kappa shape index (κ1) is 25.6. The second-order valence-electron chi connectivity index (χ2n) is 8.59. The van der Waals surface area contributed by atoms with Crippen LogP contribution in [-0.4, -0.2) is 60.6 Å². The van der Waals surface area contributed by atoms with Crippen molar-refractivity contribution in [3.05, 3.63) is 23.9 Å². The number of hydrogen-bond donors (Lipinski definition) is 3. The molecule has 0 aromatic carbocycles. The van der Waals surface area contributed by atoms with E-state index in [-0.39, 0.29) is 36.0 Å². The monoisotopic (exact) mass is 544 g/mol. The van der Waals surface area contributed by atoms with Crippen LogP contribution in [0.5, 0.6) is 5.88 Å². The van der Waals surface area contributed by atoms with Gasteiger partial charge in [-0.05, 0) is 56.1 Å². The molecule has 2 aliphatic rings. The average molecular weight is 544 g/mol. The van der Waals surface area contributed by atoms with Crippen molar-refractivity contribution < 1.29 is 9.53 Å². The molecule has 0 radical (unpaired) electrons. The number of aliphatic imine (C=N–C) groups is 1. The van der Waals surface area contributed by atoms with Crippen LogP contribution in [0.1, 0.15) is 51.0 Å². The maximum absolute atomic E-state index is 11.1. The van der Waals surface area contributed by atoms with Crippen LogP contribution in [0.2, 0.25) is 0 Å². The van der Waals surface area contributed by atoms with Crippen LogP contribution < -0.4 is 21.1 Å². The van der Waals surface area contributed by atoms with Gasteiger partial charge in [-0.3, -0.25) is 14.7 Å². The summed E-state index contributed by atoms with van der Waals surface area (Å²) in [5.41, 5.74) is 6.40. The Kier molecular flexibility index (Phi) is 10.8. The third-order valence-electron chi connectivity index (χ3n) is 6.04. The Balaban J connectivity index is 0.00000341. The fraction of sp³-hybridized carbons (Fsp3) is 0.682. The van der Waals surface area contributed by atoms with Crippen molar-refractivity contribution in [1.82, 2.24) is 20.5 Å². The molecule has 1 saturated heterocycles. The zero-order valence-electron chi connectivity index (χ0n) is 18.7. The molecular weight excluding hydrogens is 507 g/mol. The normalized spacial score (nSPS) is 23.0. The summed E-state index contributed by atoms with van der Waals surface area (Å²) in [6.45, 7) is 5.03. The van der Waals surface area contributed by atoms with E-state index in [9.17, 15) is 4.79 Å². The first-order valence-electron chi connectivity index (χ1n) is 11.1. The molecule has 174 valence electrons. The number of guanidine groups is 1. The summed E-state index contributed by atoms with van der Waals surface area (Å²) in [5, 5.41) is 6.86. The molecule has 2 heterocycles. The van der Waals surface area contributed by atoms with Gasteiger partial charge in [-0.2, -0.15) is 0 Å². The number of hydrogen-bond acceptors (Lipinski definition) is 5. The fourth-order valence-electron chi connectivity index (χ4n) is 4.17. The van der Waals surface area contributed by atoms with Crippen LogP contribution in [0.4, 0.5) is 0 Å². The molecule has 3 rings (SSSR count). The largest absolute Gasteiger partial charge is 0.474 e. The Labute approximate surface area is 202 Å². The lowest BCUT2D eigenvalue weighted by molar-refractivity contribution is -0.119. The highest BCUT2D eigenvalue weighted by atomic mass is 127. The van der Waals surface area contributed by atoms with Gasteiger partial charge in [0.2, 0.25) is 11.8 Å². The van der Waals surface area contributed by atoms with E-state index in [0.29, 0.717) is 25.0 Å². The van der Waals surface area contributed by atoms with E-state index in [0.717, 1.165) is 56.2 Å². The van der Waals surface area contributed by atoms with Gasteiger partial charge >= 0.3 is 0 Å². The molecule has 8 nitrogen and oxygen atoms in total. The topological polar surface area (TPSA) is 105 Å². The van der Waals surface area contributed by atoms with Crippen LogP contribution in [-0.2, 0) is 11.3 Å². The molecule has 1 aromatic rings. The molecule has 1 saturated carbocycles. The number of pyridine rings is 1. The lowest BCUT2D eigenvalue weighted by atomic mass is 9.89. The van der Waals surface area contributed by atoms with Gasteiger partial charge in [-0.25, -0.2) is 4.98 Å². The van der Waals surface area contributed by atoms with Crippen LogP contribution >= 0.6 is 24.0 Å². The van der Waals surface area contributed by atoms with E-state index in [1.54, 1.807) is 7.05 Å². The minimum atomic E-state index is -0.266. The van der Waals surface area contributed by atoms with E-state index in [4.69, 9.17) is 10.5 Å². The van der Waals surface area contributed by atoms with Crippen molar-refractivity contribution in [2.24, 2.45) is 16.6 Å². The Bertz CT molecular complexity index is 716. The van der Waals surface area contributed by atoms with Gasteiger partial charge in [-0.1, -0.05) is 6.92 Å². The molecule has 1 amide bonds. The molecule has 1 aliphatic heterocycles. The number of rotatable bonds is 7. The Hall–Kier alpha value is -1.62. The molecule has 0 spiro atoms. The molecular formula is C22H37IN6O2. The Morgan fingerprint density at radius 2 is 1.97 bits per heavy atom. The smallest absolute Gasteiger partial charge is 0.231 e. The van der Waals surface area contributed by atoms with Crippen molar-refractivity contribution in [2.45, 2.75) is 64.1 Å². The van der Waals surface area contributed by atoms with Crippen LogP contribution in [0.25, 0.3) is 0 Å². The zero-order valence-corrected chi connectivity index (χ0v) is 21.0. The lowest BCUT2D eigenvalue weighted by Gasteiger charge is -2.32. The van der Waals surface area contributed by atoms with Crippen molar-refractivity contribution in [3.63, 3.8) is 0 Å². The predicted octanol–water partition coefficient (Wildman–Crippen LogP) is 2.27. The number of carbonyl (C=O) groups excluding carboxylic acids is 1. The minimum Gasteiger partial charge on any atom is -0.474 e. The van der Waals surface area contributed by atoms with Gasteiger partial charge in [0.05, 0.1) is 6.54 Å². The molecule has 0 unspecified atom stereocenters. The minimum absolute atomic E-state index is 0. The molecule has 2 fully saturated rings. The quantitative estimate of drug-likeness (QED) is 0.277. The number of nitrogens with zero attached hydrogens (tertiary/aromatic N) is 3. The maximum Gasteiger partial charge on any atom is 0.231 e. The summed E-state index contributed by atoms with van der Waals surface area (Å²) in [7, 11) is 1.78. The van der Waals surface area contributed by atoms with Crippen molar-refractivity contribution in [1.29, 1.82) is 0 Å². The number of aromatic nitrogens is 1. The third-order valence-corrected chi connectivity index (χ3v) is 6.04. The number of likely N-dealkylation sites (tertiary alicyclic amines) is 1. The Morgan fingerprint density at radius 3 is 2.61 bits per heavy atom. The lowest BCUT2D eigenvalue weighted by Crippen LogP contribution is -2.49. The van der Waals surface area contributed by atoms with E-state index in [1.165, 1.54) is 12.8 Å². The summed E-state index contributed by atoms with van der Waals surface area (Å²) >= 11 is 0. The van der Waals surface area contributed by atoms with Gasteiger partial charge in [0, 0.05) is 45.0 Å². The second kappa shape index (κ2) is 13.0. The SMILES string of the molecule is CN=C(NCc1ccnc(OC2CCC(C)CC2)c1)NC1CCN(CC(N)=O)CC1.I. The molecule has 0 atom stereocenters. The average Bonchev–Trinajstić information content (AvgIpc) is 2.74. The van der Waals surface area contributed by atoms with E-state index < -0.39 is 0 Å². The number of nitrogens with two attached hydrogens (primary N) is 1. The molecule has 0 bridgehead atoms. The number of primary amides is 1. The van der Waals surface area contributed by atoms with Crippen LogP contribution in [0.15, 0.2) is 23.3 Å². The summed E-state index contributed by atoms with van der Waals surface area (Å²) in [6.07, 6.45) is 8.70. The number of carbonyl (C=O) groups is 1. The molecule has 4 N–H and O–H groups in total. The molecule has 1 aromatic heterocycles. The van der Waals surface area contributed by atoms with E-state index in [1.807, 2.05) is 18.3 Å². The molecule has 1 aliphatic carbocycles. The van der Waals surface area contributed by atoms with E-state index in [2.05, 4.69) is 32.4 Å². The first-order chi connectivity index (χ1) is 14.5. The van der Waals surface area contributed by atoms with Crippen LogP contribution in [0.3, 0.4) is 0 Å². The number of halogens is 1. The highest BCUT2D eigenvalue weighted by molar-refractivity contribution is 14.0. The molecule has 31 heavy (non-hydrogen) atoms. The first-order valence-corrected chi connectivity index (χ1v) is 11.1. The van der Waals surface area contributed by atoms with Gasteiger partial charge in [0.25, 0.3) is 0 Å². The van der Waals surface area contributed by atoms with Crippen molar-refractivity contribution in [3.8, 4) is 5.88 Å². The van der Waals surface area contributed by atoms with Crippen molar-refractivity contribution in [2.75, 3.05) is 26.7 Å². The summed E-state index contributed by atoms with van der Waals surface area (Å²) in [5.74, 6) is 2.03. The number of nitrogens with one attached hydrogen (secondary N) is 2.